The number of amides is 1. The van der Waals surface area contributed by atoms with E-state index in [2.05, 4.69) is 4.99 Å². The molecular weight excluding hydrogens is 426 g/mol. The number of hydrogen-bond acceptors (Lipinski definition) is 8. The predicted molar refractivity (Wildman–Crippen MR) is 115 cm³/mol. The molecule has 2 aromatic carbocycles. The topological polar surface area (TPSA) is 143 Å². The van der Waals surface area contributed by atoms with Gasteiger partial charge in [-0.15, -0.1) is 0 Å². The molecule has 0 radical (unpaired) electrons. The molecule has 160 valence electrons. The number of non-ortho nitro benzene ring substituents is 1. The molecule has 0 saturated carbocycles. The third-order valence-electron chi connectivity index (χ3n) is 4.21. The van der Waals surface area contributed by atoms with E-state index in [9.17, 15) is 24.8 Å². The quantitative estimate of drug-likeness (QED) is 0.391. The maximum atomic E-state index is 12.6. The average Bonchev–Trinajstić information content (AvgIpc) is 2.98. The fourth-order valence-electron chi connectivity index (χ4n) is 2.71. The highest BCUT2D eigenvalue weighted by atomic mass is 32.2. The summed E-state index contributed by atoms with van der Waals surface area (Å²) in [5.74, 6) is -1.92. The Balaban J connectivity index is 2.00. The number of nitrogens with zero attached hydrogens (tertiary/aromatic N) is 3. The van der Waals surface area contributed by atoms with Gasteiger partial charge in [0.25, 0.3) is 11.6 Å². The first-order chi connectivity index (χ1) is 14.7. The van der Waals surface area contributed by atoms with Crippen molar-refractivity contribution in [2.45, 2.75) is 6.92 Å². The normalized spacial score (nSPS) is 16.2. The van der Waals surface area contributed by atoms with Gasteiger partial charge in [-0.2, -0.15) is 0 Å². The van der Waals surface area contributed by atoms with Crippen LogP contribution >= 0.6 is 11.8 Å². The number of ether oxygens (including phenoxy) is 1. The summed E-state index contributed by atoms with van der Waals surface area (Å²) in [7, 11) is 1.50. The van der Waals surface area contributed by atoms with Crippen LogP contribution in [0.25, 0.3) is 6.08 Å². The van der Waals surface area contributed by atoms with E-state index in [0.29, 0.717) is 5.69 Å². The molecule has 0 unspecified atom stereocenters. The number of aromatic hydroxyl groups is 1. The number of rotatable bonds is 6. The number of carboxylic acids is 1. The monoisotopic (exact) mass is 443 g/mol. The molecule has 0 aliphatic carbocycles. The number of nitro groups is 1. The molecule has 31 heavy (non-hydrogen) atoms. The first-order valence-corrected chi connectivity index (χ1v) is 9.76. The number of carbonyl (C=O) groups is 2. The number of carbonyl (C=O) groups excluding carboxylic acids is 1. The first-order valence-electron chi connectivity index (χ1n) is 8.95. The molecule has 0 aromatic heterocycles. The van der Waals surface area contributed by atoms with E-state index in [-0.39, 0.29) is 45.0 Å². The minimum atomic E-state index is -1.10. The van der Waals surface area contributed by atoms with Crippen LogP contribution in [0.15, 0.2) is 46.3 Å². The third-order valence-corrected chi connectivity index (χ3v) is 5.27. The van der Waals surface area contributed by atoms with Gasteiger partial charge in [-0.1, -0.05) is 6.07 Å². The van der Waals surface area contributed by atoms with Crippen LogP contribution in [-0.4, -0.2) is 50.7 Å². The smallest absolute Gasteiger partial charge is 0.335 e. The zero-order chi connectivity index (χ0) is 22.7. The maximum Gasteiger partial charge on any atom is 0.335 e. The molecule has 1 fully saturated rings. The second kappa shape index (κ2) is 8.88. The van der Waals surface area contributed by atoms with Crippen LogP contribution in [-0.2, 0) is 4.79 Å². The van der Waals surface area contributed by atoms with Gasteiger partial charge in [-0.3, -0.25) is 19.8 Å². The van der Waals surface area contributed by atoms with Crippen LogP contribution in [0, 0.1) is 10.1 Å². The molecule has 0 bridgehead atoms. The van der Waals surface area contributed by atoms with E-state index >= 15 is 0 Å². The summed E-state index contributed by atoms with van der Waals surface area (Å²) >= 11 is 0.991. The van der Waals surface area contributed by atoms with Crippen LogP contribution in [0.2, 0.25) is 0 Å². The summed E-state index contributed by atoms with van der Waals surface area (Å²) in [5.41, 5.74) is 0.159. The molecule has 0 atom stereocenters. The summed E-state index contributed by atoms with van der Waals surface area (Å²) in [6.45, 7) is 1.86. The lowest BCUT2D eigenvalue weighted by molar-refractivity contribution is -0.385. The van der Waals surface area contributed by atoms with Crippen molar-refractivity contribution in [3.63, 3.8) is 0 Å². The second-order valence-electron chi connectivity index (χ2n) is 6.30. The van der Waals surface area contributed by atoms with Gasteiger partial charge in [-0.25, -0.2) is 9.79 Å². The zero-order valence-corrected chi connectivity index (χ0v) is 17.3. The van der Waals surface area contributed by atoms with Gasteiger partial charge in [0.1, 0.15) is 0 Å². The maximum absolute atomic E-state index is 12.6. The Kier molecular flexibility index (Phi) is 6.25. The number of hydrogen-bond donors (Lipinski definition) is 2. The summed E-state index contributed by atoms with van der Waals surface area (Å²) < 4.78 is 5.25. The summed E-state index contributed by atoms with van der Waals surface area (Å²) in [6.07, 6.45) is 1.32. The number of carboxylic acid groups (broad SMARTS) is 1. The largest absolute Gasteiger partial charge is 0.504 e. The van der Waals surface area contributed by atoms with Gasteiger partial charge in [0, 0.05) is 18.7 Å². The van der Waals surface area contributed by atoms with Crippen molar-refractivity contribution in [2.75, 3.05) is 13.7 Å². The van der Waals surface area contributed by atoms with Crippen molar-refractivity contribution >= 4 is 46.3 Å². The summed E-state index contributed by atoms with van der Waals surface area (Å²) in [5, 5.41) is 31.0. The molecular formula is C20H17N3O7S. The van der Waals surface area contributed by atoms with E-state index in [1.54, 1.807) is 13.0 Å². The van der Waals surface area contributed by atoms with E-state index in [4.69, 9.17) is 9.84 Å². The van der Waals surface area contributed by atoms with Gasteiger partial charge in [0.2, 0.25) is 0 Å². The molecule has 2 aromatic rings. The minimum Gasteiger partial charge on any atom is -0.504 e. The average molecular weight is 443 g/mol. The van der Waals surface area contributed by atoms with E-state index in [0.717, 1.165) is 23.9 Å². The van der Waals surface area contributed by atoms with Gasteiger partial charge >= 0.3 is 5.97 Å². The molecule has 1 amide bonds. The van der Waals surface area contributed by atoms with Crippen molar-refractivity contribution in [1.82, 2.24) is 4.90 Å². The number of phenolic OH excluding ortho intramolecular Hbond substituents is 1. The number of benzene rings is 2. The summed E-state index contributed by atoms with van der Waals surface area (Å²) in [6, 6.07) is 8.19. The Bertz CT molecular complexity index is 1140. The highest BCUT2D eigenvalue weighted by molar-refractivity contribution is 8.18. The Morgan fingerprint density at radius 2 is 2.10 bits per heavy atom. The Hall–Kier alpha value is -3.86. The third kappa shape index (κ3) is 4.67. The van der Waals surface area contributed by atoms with Crippen LogP contribution in [0.1, 0.15) is 22.8 Å². The van der Waals surface area contributed by atoms with Crippen molar-refractivity contribution in [3.05, 3.63) is 62.5 Å². The lowest BCUT2D eigenvalue weighted by Gasteiger charge is -2.08. The number of aromatic carboxylic acids is 1. The number of nitro benzene ring substituents is 1. The number of aliphatic imine (C=N–C) groups is 1. The molecule has 1 heterocycles. The minimum absolute atomic E-state index is 0.0519. The Labute approximate surface area is 180 Å². The predicted octanol–water partition coefficient (Wildman–Crippen LogP) is 3.63. The Morgan fingerprint density at radius 1 is 1.35 bits per heavy atom. The van der Waals surface area contributed by atoms with E-state index in [1.807, 2.05) is 0 Å². The molecule has 2 N–H and O–H groups in total. The zero-order valence-electron chi connectivity index (χ0n) is 16.4. The van der Waals surface area contributed by atoms with Gasteiger partial charge in [0.05, 0.1) is 33.8 Å². The molecule has 1 aliphatic rings. The van der Waals surface area contributed by atoms with Crippen LogP contribution in [0.5, 0.6) is 11.5 Å². The van der Waals surface area contributed by atoms with Crippen LogP contribution < -0.4 is 4.74 Å². The highest BCUT2D eigenvalue weighted by Gasteiger charge is 2.31. The standard InChI is InChI=1S/C20H17N3O7S/c1-3-30-15-10-14(23(28)29)8-12(17(15)24)9-16-18(25)22(2)20(31-16)21-13-6-4-5-11(7-13)19(26)27/h4-10,24H,3H2,1-2H3,(H,26,27)/b16-9-,21-20?. The second-order valence-corrected chi connectivity index (χ2v) is 7.31. The Morgan fingerprint density at radius 3 is 2.74 bits per heavy atom. The van der Waals surface area contributed by atoms with Crippen molar-refractivity contribution in [1.29, 1.82) is 0 Å². The molecule has 1 aliphatic heterocycles. The molecule has 10 nitrogen and oxygen atoms in total. The SMILES string of the molecule is CCOc1cc([N+](=O)[O-])cc(/C=C2\SC(=Nc3cccc(C(=O)O)c3)N(C)C2=O)c1O. The number of phenols is 1. The highest BCUT2D eigenvalue weighted by Crippen LogP contribution is 2.39. The molecule has 1 saturated heterocycles. The van der Waals surface area contributed by atoms with Gasteiger partial charge < -0.3 is 14.9 Å². The number of amidine groups is 1. The molecule has 0 spiro atoms. The van der Waals surface area contributed by atoms with Crippen molar-refractivity contribution in [2.24, 2.45) is 4.99 Å². The number of thioether (sulfide) groups is 1. The fraction of sp³-hybridized carbons (Fsp3) is 0.150. The van der Waals surface area contributed by atoms with Gasteiger partial charge in [0.15, 0.2) is 16.7 Å². The van der Waals surface area contributed by atoms with Crippen LogP contribution in [0.3, 0.4) is 0 Å². The van der Waals surface area contributed by atoms with Crippen molar-refractivity contribution < 1.29 is 29.5 Å². The number of likely N-dealkylation sites (N-methyl/N-ethyl adjacent to an activating group) is 1. The summed E-state index contributed by atoms with van der Waals surface area (Å²) in [4.78, 5) is 40.1. The van der Waals surface area contributed by atoms with Crippen LogP contribution in [0.4, 0.5) is 11.4 Å². The first kappa shape index (κ1) is 21.8. The lowest BCUT2D eigenvalue weighted by Crippen LogP contribution is -2.23. The lowest BCUT2D eigenvalue weighted by atomic mass is 10.1. The molecule has 11 heteroatoms. The van der Waals surface area contributed by atoms with Gasteiger partial charge in [-0.05, 0) is 43.0 Å². The van der Waals surface area contributed by atoms with E-state index in [1.165, 1.54) is 36.2 Å². The fourth-order valence-corrected chi connectivity index (χ4v) is 3.68. The van der Waals surface area contributed by atoms with E-state index < -0.39 is 16.8 Å². The molecule has 3 rings (SSSR count). The van der Waals surface area contributed by atoms with Crippen molar-refractivity contribution in [3.8, 4) is 11.5 Å².